The molecule has 5 heterocycles. The number of carboxylic acid groups (broad SMARTS) is 1. The van der Waals surface area contributed by atoms with E-state index in [0.29, 0.717) is 54.0 Å². The summed E-state index contributed by atoms with van der Waals surface area (Å²) in [5, 5.41) is 15.3. The molecule has 1 aliphatic carbocycles. The SMILES string of the molecule is CN(C)C(=O)c1cc2cnc(Nc3ccc(-c4csc5c(=O)cc(N6CCN(C(=O)O)CC6)oc45)cc3)nc2n1C1CCCC1. The van der Waals surface area contributed by atoms with Crippen LogP contribution in [0, 0.1) is 0 Å². The predicted octanol–water partition coefficient (Wildman–Crippen LogP) is 5.63. The highest BCUT2D eigenvalue weighted by atomic mass is 32.1. The molecule has 232 valence electrons. The van der Waals surface area contributed by atoms with Crippen molar-refractivity contribution >= 4 is 62.2 Å². The van der Waals surface area contributed by atoms with Crippen molar-refractivity contribution in [2.75, 3.05) is 50.5 Å². The van der Waals surface area contributed by atoms with Crippen molar-refractivity contribution < 1.29 is 19.1 Å². The van der Waals surface area contributed by atoms with Gasteiger partial charge in [-0.25, -0.2) is 9.78 Å². The van der Waals surface area contributed by atoms with Crippen molar-refractivity contribution in [3.05, 3.63) is 63.9 Å². The van der Waals surface area contributed by atoms with Gasteiger partial charge in [-0.2, -0.15) is 4.98 Å². The van der Waals surface area contributed by atoms with Gasteiger partial charge in [0.15, 0.2) is 11.5 Å². The normalized spacial score (nSPS) is 15.7. The Morgan fingerprint density at radius 3 is 2.49 bits per heavy atom. The minimum Gasteiger partial charge on any atom is -0.465 e. The third-order valence-corrected chi connectivity index (χ3v) is 9.61. The number of hydrogen-bond acceptors (Lipinski definition) is 9. The number of fused-ring (bicyclic) bond motifs is 2. The summed E-state index contributed by atoms with van der Waals surface area (Å²) in [7, 11) is 3.52. The average molecular weight is 628 g/mol. The number of anilines is 3. The Kier molecular flexibility index (Phi) is 7.40. The van der Waals surface area contributed by atoms with E-state index in [-0.39, 0.29) is 17.4 Å². The van der Waals surface area contributed by atoms with E-state index >= 15 is 0 Å². The van der Waals surface area contributed by atoms with Crippen LogP contribution in [0.25, 0.3) is 32.4 Å². The van der Waals surface area contributed by atoms with E-state index in [2.05, 4.69) is 14.9 Å². The maximum absolute atomic E-state index is 13.0. The Labute approximate surface area is 262 Å². The van der Waals surface area contributed by atoms with Crippen LogP contribution < -0.4 is 15.6 Å². The molecule has 5 aromatic rings. The van der Waals surface area contributed by atoms with Crippen molar-refractivity contribution in [3.63, 3.8) is 0 Å². The van der Waals surface area contributed by atoms with Gasteiger partial charge >= 0.3 is 6.09 Å². The number of piperazine rings is 1. The molecule has 0 unspecified atom stereocenters. The monoisotopic (exact) mass is 627 g/mol. The maximum atomic E-state index is 13.0. The van der Waals surface area contributed by atoms with Gasteiger partial charge in [-0.1, -0.05) is 25.0 Å². The first-order chi connectivity index (χ1) is 21.8. The van der Waals surface area contributed by atoms with E-state index in [4.69, 9.17) is 9.40 Å². The molecular weight excluding hydrogens is 594 g/mol. The lowest BCUT2D eigenvalue weighted by molar-refractivity contribution is 0.0815. The number of amides is 2. The summed E-state index contributed by atoms with van der Waals surface area (Å²) in [5.74, 6) is 0.839. The van der Waals surface area contributed by atoms with Crippen molar-refractivity contribution in [2.24, 2.45) is 0 Å². The van der Waals surface area contributed by atoms with E-state index in [9.17, 15) is 19.5 Å². The van der Waals surface area contributed by atoms with Gasteiger partial charge in [-0.3, -0.25) is 9.59 Å². The number of thiophene rings is 1. The molecule has 1 aromatic carbocycles. The zero-order valence-electron chi connectivity index (χ0n) is 25.0. The van der Waals surface area contributed by atoms with Crippen LogP contribution in [0.3, 0.4) is 0 Å². The number of nitrogens with zero attached hydrogens (tertiary/aromatic N) is 6. The fraction of sp³-hybridized carbons (Fsp3) is 0.344. The maximum Gasteiger partial charge on any atom is 0.407 e. The highest BCUT2D eigenvalue weighted by Gasteiger charge is 2.27. The smallest absolute Gasteiger partial charge is 0.407 e. The average Bonchev–Trinajstić information content (AvgIpc) is 3.80. The number of benzene rings is 1. The van der Waals surface area contributed by atoms with E-state index in [1.807, 2.05) is 40.6 Å². The molecule has 0 spiro atoms. The topological polar surface area (TPSA) is 137 Å². The Balaban J connectivity index is 1.15. The van der Waals surface area contributed by atoms with Gasteiger partial charge in [0.25, 0.3) is 5.91 Å². The van der Waals surface area contributed by atoms with E-state index in [1.54, 1.807) is 25.2 Å². The van der Waals surface area contributed by atoms with Crippen LogP contribution in [0.4, 0.5) is 22.3 Å². The molecule has 1 saturated carbocycles. The first kappa shape index (κ1) is 28.8. The summed E-state index contributed by atoms with van der Waals surface area (Å²) in [6.07, 6.45) is 5.13. The van der Waals surface area contributed by atoms with Gasteiger partial charge < -0.3 is 34.1 Å². The van der Waals surface area contributed by atoms with Gasteiger partial charge in [-0.15, -0.1) is 11.3 Å². The van der Waals surface area contributed by atoms with Gasteiger partial charge in [0.1, 0.15) is 16.0 Å². The molecule has 1 aliphatic heterocycles. The minimum atomic E-state index is -0.943. The summed E-state index contributed by atoms with van der Waals surface area (Å²) >= 11 is 1.34. The minimum absolute atomic E-state index is 0.0466. The first-order valence-electron chi connectivity index (χ1n) is 15.0. The van der Waals surface area contributed by atoms with Crippen LogP contribution >= 0.6 is 11.3 Å². The van der Waals surface area contributed by atoms with Gasteiger partial charge in [-0.05, 0) is 36.6 Å². The summed E-state index contributed by atoms with van der Waals surface area (Å²) in [6.45, 7) is 1.60. The number of carbonyl (C=O) groups is 2. The molecule has 2 amide bonds. The van der Waals surface area contributed by atoms with E-state index in [0.717, 1.165) is 53.5 Å². The second kappa shape index (κ2) is 11.5. The first-order valence-corrected chi connectivity index (χ1v) is 15.9. The van der Waals surface area contributed by atoms with Gasteiger partial charge in [0.2, 0.25) is 11.4 Å². The molecule has 13 heteroatoms. The van der Waals surface area contributed by atoms with E-state index in [1.165, 1.54) is 22.3 Å². The summed E-state index contributed by atoms with van der Waals surface area (Å²) in [4.78, 5) is 51.5. The summed E-state index contributed by atoms with van der Waals surface area (Å²) in [6, 6.07) is 11.4. The van der Waals surface area contributed by atoms with Crippen LogP contribution in [-0.4, -0.2) is 81.7 Å². The predicted molar refractivity (Wildman–Crippen MR) is 174 cm³/mol. The highest BCUT2D eigenvalue weighted by Crippen LogP contribution is 2.37. The van der Waals surface area contributed by atoms with Crippen molar-refractivity contribution in [1.82, 2.24) is 24.3 Å². The Hall–Kier alpha value is -4.91. The Morgan fingerprint density at radius 2 is 1.80 bits per heavy atom. The molecule has 0 bridgehead atoms. The molecule has 1 saturated heterocycles. The van der Waals surface area contributed by atoms with Crippen molar-refractivity contribution in [3.8, 4) is 11.1 Å². The van der Waals surface area contributed by atoms with Crippen LogP contribution in [0.1, 0.15) is 42.2 Å². The molecular formula is C32H33N7O5S. The molecule has 0 radical (unpaired) electrons. The van der Waals surface area contributed by atoms with Crippen LogP contribution in [0.15, 0.2) is 57.2 Å². The number of rotatable bonds is 6. The van der Waals surface area contributed by atoms with Crippen molar-refractivity contribution in [2.45, 2.75) is 31.7 Å². The Bertz CT molecular complexity index is 1970. The van der Waals surface area contributed by atoms with E-state index < -0.39 is 6.09 Å². The quantitative estimate of drug-likeness (QED) is 0.246. The van der Waals surface area contributed by atoms with Gasteiger partial charge in [0.05, 0.1) is 0 Å². The number of hydrogen-bond donors (Lipinski definition) is 2. The fourth-order valence-electron chi connectivity index (χ4n) is 6.26. The third kappa shape index (κ3) is 5.37. The third-order valence-electron chi connectivity index (χ3n) is 8.64. The van der Waals surface area contributed by atoms with Crippen LogP contribution in [-0.2, 0) is 0 Å². The molecule has 2 aliphatic rings. The van der Waals surface area contributed by atoms with Crippen LogP contribution in [0.2, 0.25) is 0 Å². The summed E-state index contributed by atoms with van der Waals surface area (Å²) < 4.78 is 8.90. The molecule has 0 atom stereocenters. The highest BCUT2D eigenvalue weighted by molar-refractivity contribution is 7.17. The molecule has 2 N–H and O–H groups in total. The van der Waals surface area contributed by atoms with Gasteiger partial charge in [0, 0.05) is 80.6 Å². The molecule has 12 nitrogen and oxygen atoms in total. The number of nitrogens with one attached hydrogen (secondary N) is 1. The molecule has 7 rings (SSSR count). The number of carbonyl (C=O) groups excluding carboxylic acids is 1. The van der Waals surface area contributed by atoms with Crippen LogP contribution in [0.5, 0.6) is 0 Å². The zero-order chi connectivity index (χ0) is 31.2. The molecule has 45 heavy (non-hydrogen) atoms. The lowest BCUT2D eigenvalue weighted by Crippen LogP contribution is -2.48. The molecule has 2 fully saturated rings. The zero-order valence-corrected chi connectivity index (χ0v) is 25.8. The summed E-state index contributed by atoms with van der Waals surface area (Å²) in [5.41, 5.74) is 4.29. The fourth-order valence-corrected chi connectivity index (χ4v) is 7.17. The lowest BCUT2D eigenvalue weighted by Gasteiger charge is -2.33. The largest absolute Gasteiger partial charge is 0.465 e. The standard InChI is InChI=1S/C32H33N7O5S/c1-36(2)30(41)24-15-20-17-33-31(35-29(20)39(24)22-5-3-4-6-22)34-21-9-7-19(8-10-21)23-18-45-28-25(40)16-26(44-27(23)28)37-11-13-38(14-12-37)32(42)43/h7-10,15-18,22H,3-6,11-14H2,1-2H3,(H,42,43)(H,33,34,35). The second-order valence-electron chi connectivity index (χ2n) is 11.7. The second-order valence-corrected chi connectivity index (χ2v) is 12.6. The number of aromatic nitrogens is 3. The van der Waals surface area contributed by atoms with Crippen molar-refractivity contribution in [1.29, 1.82) is 0 Å². The Morgan fingerprint density at radius 1 is 1.07 bits per heavy atom. The lowest BCUT2D eigenvalue weighted by atomic mass is 10.1. The molecule has 4 aromatic heterocycles.